The number of H-pyrrole nitrogens is 1. The highest BCUT2D eigenvalue weighted by Gasteiger charge is 2.27. The van der Waals surface area contributed by atoms with Gasteiger partial charge in [0.15, 0.2) is 0 Å². The van der Waals surface area contributed by atoms with Crippen molar-refractivity contribution in [3.05, 3.63) is 46.7 Å². The van der Waals surface area contributed by atoms with E-state index in [4.69, 9.17) is 4.42 Å². The summed E-state index contributed by atoms with van der Waals surface area (Å²) in [4.78, 5) is 3.11. The van der Waals surface area contributed by atoms with Gasteiger partial charge in [-0.3, -0.25) is 4.72 Å². The molecule has 3 rings (SSSR count). The van der Waals surface area contributed by atoms with Crippen LogP contribution in [-0.4, -0.2) is 23.6 Å². The number of halogens is 1. The van der Waals surface area contributed by atoms with E-state index in [2.05, 4.69) is 19.9 Å². The van der Waals surface area contributed by atoms with E-state index in [9.17, 15) is 12.8 Å². The molecule has 2 N–H and O–H groups in total. The number of aryl methyl sites for hydroxylation is 3. The van der Waals surface area contributed by atoms with Gasteiger partial charge in [0.25, 0.3) is 15.9 Å². The SMILES string of the molecule is CCc1nnc(-c2[nH]c(C)c(S(=O)(=O)Nc3ccc(F)cc3C)c2C)o1. The van der Waals surface area contributed by atoms with Gasteiger partial charge in [-0.15, -0.1) is 10.2 Å². The van der Waals surface area contributed by atoms with Gasteiger partial charge >= 0.3 is 0 Å². The summed E-state index contributed by atoms with van der Waals surface area (Å²) in [6, 6.07) is 3.87. The molecule has 0 saturated heterocycles. The van der Waals surface area contributed by atoms with Gasteiger partial charge < -0.3 is 9.40 Å². The predicted octanol–water partition coefficient (Wildman–Crippen LogP) is 3.49. The van der Waals surface area contributed by atoms with Gasteiger partial charge in [-0.1, -0.05) is 6.92 Å². The van der Waals surface area contributed by atoms with E-state index < -0.39 is 15.8 Å². The Morgan fingerprint density at radius 3 is 2.58 bits per heavy atom. The standard InChI is InChI=1S/C17H19FN4O3S/c1-5-14-20-21-17(25-14)15-10(3)16(11(4)19-15)26(23,24)22-13-7-6-12(18)8-9(13)2/h6-8,19,22H,5H2,1-4H3. The Balaban J connectivity index is 2.02. The first-order chi connectivity index (χ1) is 12.2. The quantitative estimate of drug-likeness (QED) is 0.708. The van der Waals surface area contributed by atoms with E-state index in [1.807, 2.05) is 6.92 Å². The fourth-order valence-electron chi connectivity index (χ4n) is 2.78. The second-order valence-electron chi connectivity index (χ2n) is 6.00. The number of hydrogen-bond donors (Lipinski definition) is 2. The molecule has 1 aromatic carbocycles. The third-order valence-electron chi connectivity index (χ3n) is 4.05. The van der Waals surface area contributed by atoms with E-state index in [0.717, 1.165) is 0 Å². The maximum Gasteiger partial charge on any atom is 0.264 e. The summed E-state index contributed by atoms with van der Waals surface area (Å²) < 4.78 is 47.1. The Labute approximate surface area is 150 Å². The van der Waals surface area contributed by atoms with E-state index in [1.54, 1.807) is 20.8 Å². The number of nitrogens with zero attached hydrogens (tertiary/aromatic N) is 2. The summed E-state index contributed by atoms with van der Waals surface area (Å²) in [6.45, 7) is 6.84. The molecule has 0 aliphatic heterocycles. The van der Waals surface area contributed by atoms with Crippen molar-refractivity contribution < 1.29 is 17.2 Å². The van der Waals surface area contributed by atoms with Crippen LogP contribution in [0, 0.1) is 26.6 Å². The minimum absolute atomic E-state index is 0.104. The van der Waals surface area contributed by atoms with Crippen molar-refractivity contribution in [3.63, 3.8) is 0 Å². The zero-order valence-electron chi connectivity index (χ0n) is 14.8. The van der Waals surface area contributed by atoms with Crippen LogP contribution in [0.25, 0.3) is 11.6 Å². The fraction of sp³-hybridized carbons (Fsp3) is 0.294. The summed E-state index contributed by atoms with van der Waals surface area (Å²) in [5, 5.41) is 7.86. The molecule has 9 heteroatoms. The topological polar surface area (TPSA) is 101 Å². The Hall–Kier alpha value is -2.68. The molecular formula is C17H19FN4O3S. The maximum atomic E-state index is 13.2. The number of aromatic nitrogens is 3. The first-order valence-electron chi connectivity index (χ1n) is 8.03. The number of anilines is 1. The molecule has 7 nitrogen and oxygen atoms in total. The molecule has 26 heavy (non-hydrogen) atoms. The highest BCUT2D eigenvalue weighted by molar-refractivity contribution is 7.92. The molecule has 0 atom stereocenters. The maximum absolute atomic E-state index is 13.2. The number of rotatable bonds is 5. The fourth-order valence-corrected chi connectivity index (χ4v) is 4.36. The summed E-state index contributed by atoms with van der Waals surface area (Å²) >= 11 is 0. The van der Waals surface area contributed by atoms with E-state index >= 15 is 0 Å². The number of benzene rings is 1. The van der Waals surface area contributed by atoms with Gasteiger partial charge in [-0.25, -0.2) is 12.8 Å². The molecule has 0 fully saturated rings. The molecule has 0 aliphatic rings. The highest BCUT2D eigenvalue weighted by Crippen LogP contribution is 2.31. The van der Waals surface area contributed by atoms with Crippen LogP contribution in [0.2, 0.25) is 0 Å². The lowest BCUT2D eigenvalue weighted by Crippen LogP contribution is -2.15. The van der Waals surface area contributed by atoms with Crippen molar-refractivity contribution in [2.45, 2.75) is 39.0 Å². The zero-order chi connectivity index (χ0) is 19.1. The first kappa shape index (κ1) is 18.1. The second kappa shape index (κ2) is 6.56. The van der Waals surface area contributed by atoms with Crippen molar-refractivity contribution in [1.29, 1.82) is 0 Å². The van der Waals surface area contributed by atoms with Crippen molar-refractivity contribution in [1.82, 2.24) is 15.2 Å². The van der Waals surface area contributed by atoms with Crippen LogP contribution in [0.15, 0.2) is 27.5 Å². The average Bonchev–Trinajstić information content (AvgIpc) is 3.14. The molecule has 0 bridgehead atoms. The van der Waals surface area contributed by atoms with Gasteiger partial charge in [0.1, 0.15) is 16.4 Å². The van der Waals surface area contributed by atoms with Crippen LogP contribution in [0.3, 0.4) is 0 Å². The monoisotopic (exact) mass is 378 g/mol. The van der Waals surface area contributed by atoms with Crippen LogP contribution in [0.5, 0.6) is 0 Å². The van der Waals surface area contributed by atoms with Crippen molar-refractivity contribution in [2.24, 2.45) is 0 Å². The Morgan fingerprint density at radius 1 is 1.23 bits per heavy atom. The normalized spacial score (nSPS) is 11.7. The third-order valence-corrected chi connectivity index (χ3v) is 5.69. The predicted molar refractivity (Wildman–Crippen MR) is 94.9 cm³/mol. The molecule has 0 spiro atoms. The minimum Gasteiger partial charge on any atom is -0.419 e. The van der Waals surface area contributed by atoms with Crippen LogP contribution in [-0.2, 0) is 16.4 Å². The zero-order valence-corrected chi connectivity index (χ0v) is 15.7. The molecule has 138 valence electrons. The summed E-state index contributed by atoms with van der Waals surface area (Å²) in [7, 11) is -3.89. The van der Waals surface area contributed by atoms with Gasteiger partial charge in [-0.2, -0.15) is 0 Å². The Kier molecular flexibility index (Phi) is 4.57. The van der Waals surface area contributed by atoms with Crippen LogP contribution in [0.4, 0.5) is 10.1 Å². The van der Waals surface area contributed by atoms with Crippen LogP contribution < -0.4 is 4.72 Å². The van der Waals surface area contributed by atoms with Crippen molar-refractivity contribution in [2.75, 3.05) is 4.72 Å². The lowest BCUT2D eigenvalue weighted by Gasteiger charge is -2.11. The molecule has 0 radical (unpaired) electrons. The molecule has 0 aliphatic carbocycles. The number of sulfonamides is 1. The number of aromatic amines is 1. The molecule has 0 saturated carbocycles. The lowest BCUT2D eigenvalue weighted by molar-refractivity contribution is 0.511. The lowest BCUT2D eigenvalue weighted by atomic mass is 10.2. The van der Waals surface area contributed by atoms with Gasteiger partial charge in [0.2, 0.25) is 5.89 Å². The summed E-state index contributed by atoms with van der Waals surface area (Å²) in [6.07, 6.45) is 0.586. The van der Waals surface area contributed by atoms with Gasteiger partial charge in [0, 0.05) is 17.7 Å². The number of hydrogen-bond acceptors (Lipinski definition) is 5. The molecule has 3 aromatic rings. The van der Waals surface area contributed by atoms with Crippen molar-refractivity contribution in [3.8, 4) is 11.6 Å². The van der Waals surface area contributed by atoms with Crippen LogP contribution >= 0.6 is 0 Å². The smallest absolute Gasteiger partial charge is 0.264 e. The molecular weight excluding hydrogens is 359 g/mol. The summed E-state index contributed by atoms with van der Waals surface area (Å²) in [5.74, 6) is 0.280. The molecule has 0 amide bonds. The van der Waals surface area contributed by atoms with E-state index in [1.165, 1.54) is 18.2 Å². The van der Waals surface area contributed by atoms with Gasteiger partial charge in [-0.05, 0) is 44.5 Å². The average molecular weight is 378 g/mol. The molecule has 0 unspecified atom stereocenters. The minimum atomic E-state index is -3.89. The first-order valence-corrected chi connectivity index (χ1v) is 9.52. The summed E-state index contributed by atoms with van der Waals surface area (Å²) in [5.41, 5.74) is 2.19. The van der Waals surface area contributed by atoms with E-state index in [-0.39, 0.29) is 10.8 Å². The second-order valence-corrected chi connectivity index (χ2v) is 7.62. The Bertz CT molecular complexity index is 1070. The molecule has 2 aromatic heterocycles. The molecule has 2 heterocycles. The highest BCUT2D eigenvalue weighted by atomic mass is 32.2. The van der Waals surface area contributed by atoms with Crippen molar-refractivity contribution >= 4 is 15.7 Å². The van der Waals surface area contributed by atoms with Crippen LogP contribution in [0.1, 0.15) is 29.6 Å². The largest absolute Gasteiger partial charge is 0.419 e. The Morgan fingerprint density at radius 2 is 1.96 bits per heavy atom. The van der Waals surface area contributed by atoms with E-state index in [0.29, 0.717) is 40.5 Å². The van der Waals surface area contributed by atoms with Gasteiger partial charge in [0.05, 0.1) is 5.69 Å². The number of nitrogens with one attached hydrogen (secondary N) is 2. The third kappa shape index (κ3) is 3.22.